The van der Waals surface area contributed by atoms with Gasteiger partial charge in [0.15, 0.2) is 0 Å². The minimum absolute atomic E-state index is 0.134. The molecule has 0 radical (unpaired) electrons. The normalized spacial score (nSPS) is 15.5. The fourth-order valence-electron chi connectivity index (χ4n) is 3.32. The molecule has 3 amide bonds. The van der Waals surface area contributed by atoms with Crippen LogP contribution in [-0.4, -0.2) is 24.3 Å². The van der Waals surface area contributed by atoms with Gasteiger partial charge in [0.2, 0.25) is 17.7 Å². The Labute approximate surface area is 152 Å². The van der Waals surface area contributed by atoms with Crippen LogP contribution in [-0.2, 0) is 9.59 Å². The maximum absolute atomic E-state index is 12.7. The lowest BCUT2D eigenvalue weighted by atomic mass is 9.82. The van der Waals surface area contributed by atoms with Gasteiger partial charge in [-0.15, -0.1) is 0 Å². The largest absolute Gasteiger partial charge is 0.366 e. The van der Waals surface area contributed by atoms with E-state index in [-0.39, 0.29) is 12.1 Å². The molecule has 26 heavy (non-hydrogen) atoms. The molecule has 1 aromatic rings. The molecule has 138 valence electrons. The molecular formula is C19H24N4O3. The molecule has 0 aliphatic heterocycles. The van der Waals surface area contributed by atoms with Crippen LogP contribution in [0.5, 0.6) is 0 Å². The first kappa shape index (κ1) is 19.4. The number of nitriles is 1. The van der Waals surface area contributed by atoms with E-state index in [0.29, 0.717) is 18.0 Å². The van der Waals surface area contributed by atoms with E-state index in [1.54, 1.807) is 18.2 Å². The van der Waals surface area contributed by atoms with E-state index < -0.39 is 23.6 Å². The second kappa shape index (κ2) is 9.56. The minimum atomic E-state index is -0.872. The molecule has 1 aliphatic carbocycles. The van der Waals surface area contributed by atoms with Crippen LogP contribution in [0.2, 0.25) is 0 Å². The fraction of sp³-hybridized carbons (Fsp3) is 0.474. The SMILES string of the molecule is N#CCNC(=O)C(CC1CCCCC1)C(=O)Nc1cccc(C(N)=O)c1. The third kappa shape index (κ3) is 5.59. The van der Waals surface area contributed by atoms with Crippen molar-refractivity contribution in [1.82, 2.24) is 5.32 Å². The van der Waals surface area contributed by atoms with Crippen molar-refractivity contribution < 1.29 is 14.4 Å². The highest BCUT2D eigenvalue weighted by Gasteiger charge is 2.30. The Kier molecular flexibility index (Phi) is 7.15. The number of hydrogen-bond acceptors (Lipinski definition) is 4. The van der Waals surface area contributed by atoms with Gasteiger partial charge >= 0.3 is 0 Å². The summed E-state index contributed by atoms with van der Waals surface area (Å²) in [6.45, 7) is -0.134. The minimum Gasteiger partial charge on any atom is -0.366 e. The van der Waals surface area contributed by atoms with E-state index in [2.05, 4.69) is 10.6 Å². The number of nitrogens with one attached hydrogen (secondary N) is 2. The molecule has 1 unspecified atom stereocenters. The van der Waals surface area contributed by atoms with E-state index in [4.69, 9.17) is 11.0 Å². The van der Waals surface area contributed by atoms with Crippen LogP contribution in [0.3, 0.4) is 0 Å². The Balaban J connectivity index is 2.10. The number of nitrogens with two attached hydrogens (primary N) is 1. The van der Waals surface area contributed by atoms with E-state index >= 15 is 0 Å². The third-order valence-electron chi connectivity index (χ3n) is 4.68. The predicted octanol–water partition coefficient (Wildman–Crippen LogP) is 1.95. The molecule has 0 spiro atoms. The first-order chi connectivity index (χ1) is 12.5. The van der Waals surface area contributed by atoms with Crippen LogP contribution < -0.4 is 16.4 Å². The maximum atomic E-state index is 12.7. The number of rotatable bonds is 7. The van der Waals surface area contributed by atoms with Crippen LogP contribution in [0, 0.1) is 23.2 Å². The average molecular weight is 356 g/mol. The summed E-state index contributed by atoms with van der Waals surface area (Å²) >= 11 is 0. The Bertz CT molecular complexity index is 705. The van der Waals surface area contributed by atoms with Crippen LogP contribution in [0.25, 0.3) is 0 Å². The van der Waals surface area contributed by atoms with Gasteiger partial charge in [-0.05, 0) is 30.5 Å². The monoisotopic (exact) mass is 356 g/mol. The van der Waals surface area contributed by atoms with Gasteiger partial charge in [-0.1, -0.05) is 38.2 Å². The number of amides is 3. The number of carbonyl (C=O) groups is 3. The van der Waals surface area contributed by atoms with Crippen molar-refractivity contribution in [3.8, 4) is 6.07 Å². The molecule has 0 saturated heterocycles. The topological polar surface area (TPSA) is 125 Å². The van der Waals surface area contributed by atoms with Crippen molar-refractivity contribution in [2.45, 2.75) is 38.5 Å². The van der Waals surface area contributed by atoms with Crippen LogP contribution in [0.1, 0.15) is 48.9 Å². The summed E-state index contributed by atoms with van der Waals surface area (Å²) in [7, 11) is 0. The van der Waals surface area contributed by atoms with Gasteiger partial charge in [-0.25, -0.2) is 0 Å². The number of primary amides is 1. The summed E-state index contributed by atoms with van der Waals surface area (Å²) in [5.41, 5.74) is 5.94. The molecule has 0 heterocycles. The Morgan fingerprint density at radius 1 is 1.19 bits per heavy atom. The van der Waals surface area contributed by atoms with Crippen molar-refractivity contribution in [2.24, 2.45) is 17.6 Å². The van der Waals surface area contributed by atoms with Gasteiger partial charge < -0.3 is 16.4 Å². The fourth-order valence-corrected chi connectivity index (χ4v) is 3.32. The second-order valence-corrected chi connectivity index (χ2v) is 6.60. The lowest BCUT2D eigenvalue weighted by molar-refractivity contribution is -0.133. The Morgan fingerprint density at radius 3 is 2.58 bits per heavy atom. The van der Waals surface area contributed by atoms with Crippen LogP contribution in [0.15, 0.2) is 24.3 Å². The van der Waals surface area contributed by atoms with Crippen molar-refractivity contribution in [1.29, 1.82) is 5.26 Å². The maximum Gasteiger partial charge on any atom is 0.248 e. The first-order valence-corrected chi connectivity index (χ1v) is 8.86. The number of benzene rings is 1. The van der Waals surface area contributed by atoms with Gasteiger partial charge in [-0.3, -0.25) is 14.4 Å². The van der Waals surface area contributed by atoms with Gasteiger partial charge in [0, 0.05) is 11.3 Å². The van der Waals surface area contributed by atoms with E-state index in [9.17, 15) is 14.4 Å². The third-order valence-corrected chi connectivity index (χ3v) is 4.68. The second-order valence-electron chi connectivity index (χ2n) is 6.60. The van der Waals surface area contributed by atoms with E-state index in [0.717, 1.165) is 25.7 Å². The zero-order valence-corrected chi connectivity index (χ0v) is 14.7. The first-order valence-electron chi connectivity index (χ1n) is 8.86. The highest BCUT2D eigenvalue weighted by atomic mass is 16.2. The molecule has 1 aliphatic rings. The van der Waals surface area contributed by atoms with Crippen molar-refractivity contribution in [3.05, 3.63) is 29.8 Å². The van der Waals surface area contributed by atoms with Crippen LogP contribution in [0.4, 0.5) is 5.69 Å². The summed E-state index contributed by atoms with van der Waals surface area (Å²) in [5, 5.41) is 13.8. The lowest BCUT2D eigenvalue weighted by Gasteiger charge is -2.25. The highest BCUT2D eigenvalue weighted by Crippen LogP contribution is 2.29. The number of anilines is 1. The van der Waals surface area contributed by atoms with E-state index in [1.165, 1.54) is 12.5 Å². The molecule has 1 aromatic carbocycles. The predicted molar refractivity (Wildman–Crippen MR) is 96.9 cm³/mol. The molecule has 7 heteroatoms. The molecule has 0 bridgehead atoms. The summed E-state index contributed by atoms with van der Waals surface area (Å²) in [6, 6.07) is 8.13. The highest BCUT2D eigenvalue weighted by molar-refractivity contribution is 6.07. The number of nitrogens with zero attached hydrogens (tertiary/aromatic N) is 1. The van der Waals surface area contributed by atoms with Gasteiger partial charge in [-0.2, -0.15) is 5.26 Å². The van der Waals surface area contributed by atoms with Gasteiger partial charge in [0.1, 0.15) is 12.5 Å². The molecular weight excluding hydrogens is 332 g/mol. The van der Waals surface area contributed by atoms with E-state index in [1.807, 2.05) is 6.07 Å². The standard InChI is InChI=1S/C19H24N4O3/c20-9-10-22-18(25)16(11-13-5-2-1-3-6-13)19(26)23-15-8-4-7-14(12-15)17(21)24/h4,7-8,12-13,16H,1-3,5-6,10-11H2,(H2,21,24)(H,22,25)(H,23,26). The summed E-state index contributed by atoms with van der Waals surface area (Å²) in [4.78, 5) is 36.4. The molecule has 1 saturated carbocycles. The van der Waals surface area contributed by atoms with Crippen molar-refractivity contribution in [3.63, 3.8) is 0 Å². The van der Waals surface area contributed by atoms with Gasteiger partial charge in [0.05, 0.1) is 6.07 Å². The number of hydrogen-bond donors (Lipinski definition) is 3. The zero-order chi connectivity index (χ0) is 18.9. The van der Waals surface area contributed by atoms with Crippen LogP contribution >= 0.6 is 0 Å². The van der Waals surface area contributed by atoms with Crippen molar-refractivity contribution >= 4 is 23.4 Å². The molecule has 4 N–H and O–H groups in total. The summed E-state index contributed by atoms with van der Waals surface area (Å²) in [6.07, 6.45) is 5.88. The smallest absolute Gasteiger partial charge is 0.248 e. The molecule has 7 nitrogen and oxygen atoms in total. The van der Waals surface area contributed by atoms with Crippen molar-refractivity contribution in [2.75, 3.05) is 11.9 Å². The molecule has 2 rings (SSSR count). The Hall–Kier alpha value is -2.88. The molecule has 1 atom stereocenters. The van der Waals surface area contributed by atoms with Gasteiger partial charge in [0.25, 0.3) is 0 Å². The summed E-state index contributed by atoms with van der Waals surface area (Å²) in [5.74, 6) is -2.02. The summed E-state index contributed by atoms with van der Waals surface area (Å²) < 4.78 is 0. The molecule has 0 aromatic heterocycles. The average Bonchev–Trinajstić information content (AvgIpc) is 2.65. The molecule has 1 fully saturated rings. The zero-order valence-electron chi connectivity index (χ0n) is 14.7. The number of carbonyl (C=O) groups excluding carboxylic acids is 3. The lowest BCUT2D eigenvalue weighted by Crippen LogP contribution is -2.39. The Morgan fingerprint density at radius 2 is 1.92 bits per heavy atom. The quantitative estimate of drug-likeness (QED) is 0.510.